The van der Waals surface area contributed by atoms with E-state index in [9.17, 15) is 19.5 Å². The summed E-state index contributed by atoms with van der Waals surface area (Å²) in [5.74, 6) is 1.23. The van der Waals surface area contributed by atoms with Crippen LogP contribution in [0.1, 0.15) is 97.8 Å². The molecule has 0 aromatic rings. The predicted octanol–water partition coefficient (Wildman–Crippen LogP) is 5.45. The van der Waals surface area contributed by atoms with Crippen molar-refractivity contribution in [2.45, 2.75) is 97.8 Å². The van der Waals surface area contributed by atoms with Crippen LogP contribution in [0.2, 0.25) is 0 Å². The maximum atomic E-state index is 12.6. The zero-order valence-electron chi connectivity index (χ0n) is 21.6. The number of amides is 1. The summed E-state index contributed by atoms with van der Waals surface area (Å²) in [6, 6.07) is 0. The van der Waals surface area contributed by atoms with Gasteiger partial charge in [0, 0.05) is 13.5 Å². The highest BCUT2D eigenvalue weighted by Crippen LogP contribution is 2.71. The maximum Gasteiger partial charge on any atom is 0.323 e. The van der Waals surface area contributed by atoms with Gasteiger partial charge in [0.25, 0.3) is 0 Å². The summed E-state index contributed by atoms with van der Waals surface area (Å²) in [5, 5.41) is 19.3. The van der Waals surface area contributed by atoms with E-state index in [2.05, 4.69) is 20.8 Å². The minimum Gasteiger partial charge on any atom is -0.481 e. The van der Waals surface area contributed by atoms with Crippen LogP contribution < -0.4 is 0 Å². The van der Waals surface area contributed by atoms with Gasteiger partial charge in [0.1, 0.15) is 6.54 Å². The molecule has 34 heavy (non-hydrogen) atoms. The van der Waals surface area contributed by atoms with Crippen molar-refractivity contribution in [2.75, 3.05) is 13.6 Å². The van der Waals surface area contributed by atoms with Gasteiger partial charge in [0.15, 0.2) is 0 Å². The summed E-state index contributed by atoms with van der Waals surface area (Å²) >= 11 is 0. The third kappa shape index (κ3) is 3.87. The number of fused-ring (bicyclic) bond motifs is 5. The molecule has 192 valence electrons. The van der Waals surface area contributed by atoms with E-state index in [4.69, 9.17) is 5.11 Å². The standard InChI is InChI=1S/C28H45NO5/c1-18(7-10-23(30)29(4)17-24(31)32)20-8-9-21-19-11-16-28(25(33)34)14-6-5-13-27(28,3)22(19)12-15-26(20,21)2/h18-22H,5-17H2,1-4H3,(H,31,32)(H,33,34)/t18-,19+,20-,21+,22+,26-,27-,28?/m1/s1. The van der Waals surface area contributed by atoms with Crippen LogP contribution in [0, 0.1) is 45.8 Å². The van der Waals surface area contributed by atoms with Crippen molar-refractivity contribution < 1.29 is 24.6 Å². The summed E-state index contributed by atoms with van der Waals surface area (Å²) in [6.07, 6.45) is 12.0. The molecule has 6 nitrogen and oxygen atoms in total. The molecule has 4 saturated carbocycles. The van der Waals surface area contributed by atoms with Gasteiger partial charge < -0.3 is 15.1 Å². The van der Waals surface area contributed by atoms with Crippen LogP contribution in [0.15, 0.2) is 0 Å². The molecule has 1 amide bonds. The van der Waals surface area contributed by atoms with Gasteiger partial charge in [-0.1, -0.05) is 33.6 Å². The summed E-state index contributed by atoms with van der Waals surface area (Å²) in [4.78, 5) is 37.2. The van der Waals surface area contributed by atoms with E-state index < -0.39 is 17.4 Å². The highest BCUT2D eigenvalue weighted by atomic mass is 16.4. The number of rotatable bonds is 7. The molecule has 0 aromatic carbocycles. The van der Waals surface area contributed by atoms with E-state index in [0.29, 0.717) is 36.0 Å². The molecule has 6 heteroatoms. The van der Waals surface area contributed by atoms with Gasteiger partial charge in [-0.05, 0) is 98.2 Å². The molecule has 0 aliphatic heterocycles. The first kappa shape index (κ1) is 25.5. The Morgan fingerprint density at radius 1 is 0.941 bits per heavy atom. The molecular weight excluding hydrogens is 430 g/mol. The summed E-state index contributed by atoms with van der Waals surface area (Å²) in [7, 11) is 1.57. The highest BCUT2D eigenvalue weighted by Gasteiger charge is 2.66. The fraction of sp³-hybridized carbons (Fsp3) is 0.893. The van der Waals surface area contributed by atoms with Crippen molar-refractivity contribution in [3.63, 3.8) is 0 Å². The molecule has 4 aliphatic carbocycles. The second-order valence-corrected chi connectivity index (χ2v) is 12.8. The molecule has 0 bridgehead atoms. The molecule has 0 heterocycles. The Bertz CT molecular complexity index is 828. The Morgan fingerprint density at radius 3 is 2.32 bits per heavy atom. The minimum absolute atomic E-state index is 0.0772. The summed E-state index contributed by atoms with van der Waals surface area (Å²) in [5.41, 5.74) is -0.329. The van der Waals surface area contributed by atoms with E-state index in [1.165, 1.54) is 30.6 Å². The van der Waals surface area contributed by atoms with Crippen LogP contribution in [0.4, 0.5) is 0 Å². The molecule has 0 saturated heterocycles. The fourth-order valence-corrected chi connectivity index (χ4v) is 9.76. The van der Waals surface area contributed by atoms with E-state index in [1.807, 2.05) is 0 Å². The first-order valence-corrected chi connectivity index (χ1v) is 13.7. The van der Waals surface area contributed by atoms with Crippen LogP contribution in [-0.4, -0.2) is 46.6 Å². The number of carboxylic acid groups (broad SMARTS) is 2. The largest absolute Gasteiger partial charge is 0.481 e. The lowest BCUT2D eigenvalue weighted by atomic mass is 9.40. The number of carbonyl (C=O) groups is 3. The Labute approximate surface area is 204 Å². The molecule has 1 unspecified atom stereocenters. The van der Waals surface area contributed by atoms with Gasteiger partial charge in [-0.2, -0.15) is 0 Å². The lowest BCUT2D eigenvalue weighted by Gasteiger charge is -2.64. The van der Waals surface area contributed by atoms with Gasteiger partial charge in [-0.25, -0.2) is 0 Å². The van der Waals surface area contributed by atoms with Crippen molar-refractivity contribution in [3.8, 4) is 0 Å². The van der Waals surface area contributed by atoms with Crippen molar-refractivity contribution in [1.29, 1.82) is 0 Å². The Kier molecular flexibility index (Phi) is 6.85. The maximum absolute atomic E-state index is 12.6. The Morgan fingerprint density at radius 2 is 1.65 bits per heavy atom. The molecule has 8 atom stereocenters. The monoisotopic (exact) mass is 475 g/mol. The van der Waals surface area contributed by atoms with Gasteiger partial charge in [0.2, 0.25) is 5.91 Å². The number of nitrogens with zero attached hydrogens (tertiary/aromatic N) is 1. The summed E-state index contributed by atoms with van der Waals surface area (Å²) < 4.78 is 0. The smallest absolute Gasteiger partial charge is 0.323 e. The number of hydrogen-bond donors (Lipinski definition) is 2. The Hall–Kier alpha value is -1.59. The van der Waals surface area contributed by atoms with Crippen molar-refractivity contribution in [1.82, 2.24) is 4.90 Å². The predicted molar refractivity (Wildman–Crippen MR) is 130 cm³/mol. The van der Waals surface area contributed by atoms with Gasteiger partial charge in [0.05, 0.1) is 5.41 Å². The van der Waals surface area contributed by atoms with E-state index >= 15 is 0 Å². The quantitative estimate of drug-likeness (QED) is 0.510. The van der Waals surface area contributed by atoms with Crippen molar-refractivity contribution in [3.05, 3.63) is 0 Å². The molecule has 4 rings (SSSR count). The molecule has 2 N–H and O–H groups in total. The lowest BCUT2D eigenvalue weighted by Crippen LogP contribution is -2.60. The van der Waals surface area contributed by atoms with Gasteiger partial charge >= 0.3 is 11.9 Å². The van der Waals surface area contributed by atoms with Crippen LogP contribution in [0.25, 0.3) is 0 Å². The van der Waals surface area contributed by atoms with Gasteiger partial charge in [-0.15, -0.1) is 0 Å². The minimum atomic E-state index is -0.974. The highest BCUT2D eigenvalue weighted by molar-refractivity contribution is 5.81. The lowest BCUT2D eigenvalue weighted by molar-refractivity contribution is -0.193. The fourth-order valence-electron chi connectivity index (χ4n) is 9.76. The SMILES string of the molecule is C[C@H](CCC(=O)N(C)CC(=O)O)[C@H]1CC[C@H]2[C@@H]3CCC4(C(=O)O)CCCC[C@]4(C)[C@H]3CC[C@]12C. The summed E-state index contributed by atoms with van der Waals surface area (Å²) in [6.45, 7) is 6.86. The van der Waals surface area contributed by atoms with Crippen molar-refractivity contribution >= 4 is 17.8 Å². The van der Waals surface area contributed by atoms with E-state index in [1.54, 1.807) is 7.05 Å². The Balaban J connectivity index is 1.46. The van der Waals surface area contributed by atoms with E-state index in [0.717, 1.165) is 44.9 Å². The topological polar surface area (TPSA) is 94.9 Å². The number of aliphatic carboxylic acids is 2. The normalized spacial score (nSPS) is 42.1. The first-order valence-electron chi connectivity index (χ1n) is 13.7. The molecule has 0 radical (unpaired) electrons. The number of carbonyl (C=O) groups excluding carboxylic acids is 1. The number of carboxylic acids is 2. The molecule has 4 aliphatic rings. The molecule has 4 fully saturated rings. The zero-order chi connectivity index (χ0) is 24.9. The van der Waals surface area contributed by atoms with Crippen LogP contribution >= 0.6 is 0 Å². The number of likely N-dealkylation sites (N-methyl/N-ethyl adjacent to an activating group) is 1. The van der Waals surface area contributed by atoms with Crippen molar-refractivity contribution in [2.24, 2.45) is 45.8 Å². The molecular formula is C28H45NO5. The van der Waals surface area contributed by atoms with Crippen LogP contribution in [0.5, 0.6) is 0 Å². The van der Waals surface area contributed by atoms with Crippen LogP contribution in [0.3, 0.4) is 0 Å². The average molecular weight is 476 g/mol. The first-order chi connectivity index (χ1) is 16.0. The number of hydrogen-bond acceptors (Lipinski definition) is 3. The third-order valence-electron chi connectivity index (χ3n) is 11.6. The molecule has 0 aromatic heterocycles. The van der Waals surface area contributed by atoms with E-state index in [-0.39, 0.29) is 23.3 Å². The second kappa shape index (κ2) is 9.13. The third-order valence-corrected chi connectivity index (χ3v) is 11.6. The zero-order valence-corrected chi connectivity index (χ0v) is 21.6. The van der Waals surface area contributed by atoms with Crippen LogP contribution in [-0.2, 0) is 14.4 Å². The molecule has 0 spiro atoms. The second-order valence-electron chi connectivity index (χ2n) is 12.8. The van der Waals surface area contributed by atoms with Gasteiger partial charge in [-0.3, -0.25) is 14.4 Å². The average Bonchev–Trinajstić information content (AvgIpc) is 3.13.